The van der Waals surface area contributed by atoms with Crippen molar-refractivity contribution < 1.29 is 9.21 Å². The highest BCUT2D eigenvalue weighted by Crippen LogP contribution is 2.20. The van der Waals surface area contributed by atoms with Crippen molar-refractivity contribution in [1.82, 2.24) is 14.5 Å². The van der Waals surface area contributed by atoms with E-state index in [0.29, 0.717) is 17.4 Å². The van der Waals surface area contributed by atoms with Crippen molar-refractivity contribution in [3.63, 3.8) is 0 Å². The lowest BCUT2D eigenvalue weighted by molar-refractivity contribution is -0.113. The molecule has 0 aliphatic carbocycles. The highest BCUT2D eigenvalue weighted by molar-refractivity contribution is 7.99. The van der Waals surface area contributed by atoms with E-state index in [1.165, 1.54) is 11.8 Å². The first-order valence-corrected chi connectivity index (χ1v) is 9.89. The van der Waals surface area contributed by atoms with Gasteiger partial charge in [0.25, 0.3) is 0 Å². The van der Waals surface area contributed by atoms with Gasteiger partial charge in [0.2, 0.25) is 11.8 Å². The lowest BCUT2D eigenvalue weighted by Gasteiger charge is -2.06. The molecule has 0 atom stereocenters. The summed E-state index contributed by atoms with van der Waals surface area (Å²) < 4.78 is 7.42. The maximum absolute atomic E-state index is 12.2. The molecule has 4 aromatic rings. The first-order valence-electron chi connectivity index (χ1n) is 8.74. The van der Waals surface area contributed by atoms with Gasteiger partial charge in [-0.1, -0.05) is 18.2 Å². The van der Waals surface area contributed by atoms with E-state index in [9.17, 15) is 4.79 Å². The van der Waals surface area contributed by atoms with Crippen molar-refractivity contribution in [2.45, 2.75) is 5.75 Å². The Morgan fingerprint density at radius 1 is 1.11 bits per heavy atom. The van der Waals surface area contributed by atoms with Crippen LogP contribution in [0.3, 0.4) is 0 Å². The molecule has 0 radical (unpaired) electrons. The molecule has 0 unspecified atom stereocenters. The summed E-state index contributed by atoms with van der Waals surface area (Å²) in [6.07, 6.45) is 6.97. The van der Waals surface area contributed by atoms with Crippen LogP contribution in [0.4, 0.5) is 5.69 Å². The molecule has 0 saturated heterocycles. The first-order chi connectivity index (χ1) is 13.8. The van der Waals surface area contributed by atoms with Gasteiger partial charge in [-0.15, -0.1) is 11.8 Å². The van der Waals surface area contributed by atoms with Crippen LogP contribution in [0.5, 0.6) is 0 Å². The Morgan fingerprint density at radius 2 is 1.93 bits per heavy atom. The zero-order chi connectivity index (χ0) is 19.2. The third-order valence-corrected chi connectivity index (χ3v) is 4.98. The number of aromatic nitrogens is 3. The third kappa shape index (κ3) is 4.50. The Kier molecular flexibility index (Phi) is 5.53. The molecular weight excluding hydrogens is 372 g/mol. The fraction of sp³-hybridized carbons (Fsp3) is 0.0952. The average Bonchev–Trinajstić information content (AvgIpc) is 3.42. The van der Waals surface area contributed by atoms with Crippen molar-refractivity contribution >= 4 is 23.4 Å². The maximum atomic E-state index is 12.2. The monoisotopic (exact) mass is 390 g/mol. The topological polar surface area (TPSA) is 73.0 Å². The number of carbonyl (C=O) groups is 1. The van der Waals surface area contributed by atoms with Crippen LogP contribution in [0.2, 0.25) is 0 Å². The standard InChI is InChI=1S/C21H18N4O2S/c26-20(23-17-6-8-19(9-7-17)25-11-10-22-15-25)14-28-13-18-12-27-21(24-18)16-4-2-1-3-5-16/h1-12,15H,13-14H2,(H,23,26). The van der Waals surface area contributed by atoms with Crippen LogP contribution in [0.25, 0.3) is 17.1 Å². The molecule has 0 bridgehead atoms. The molecular formula is C21H18N4O2S. The van der Waals surface area contributed by atoms with Gasteiger partial charge >= 0.3 is 0 Å². The lowest BCUT2D eigenvalue weighted by atomic mass is 10.2. The Labute approximate surface area is 166 Å². The molecule has 140 valence electrons. The Balaban J connectivity index is 1.25. The number of hydrogen-bond donors (Lipinski definition) is 1. The van der Waals surface area contributed by atoms with Gasteiger partial charge < -0.3 is 14.3 Å². The van der Waals surface area contributed by atoms with E-state index < -0.39 is 0 Å². The largest absolute Gasteiger partial charge is 0.444 e. The summed E-state index contributed by atoms with van der Waals surface area (Å²) in [5.74, 6) is 1.51. The second-order valence-corrected chi connectivity index (χ2v) is 7.05. The Morgan fingerprint density at radius 3 is 2.68 bits per heavy atom. The molecule has 0 fully saturated rings. The van der Waals surface area contributed by atoms with Gasteiger partial charge in [-0.25, -0.2) is 9.97 Å². The summed E-state index contributed by atoms with van der Waals surface area (Å²) in [7, 11) is 0. The predicted molar refractivity (Wildman–Crippen MR) is 110 cm³/mol. The summed E-state index contributed by atoms with van der Waals surface area (Å²) in [5, 5.41) is 2.90. The summed E-state index contributed by atoms with van der Waals surface area (Å²) >= 11 is 1.50. The van der Waals surface area contributed by atoms with E-state index in [-0.39, 0.29) is 5.91 Å². The minimum absolute atomic E-state index is 0.0489. The summed E-state index contributed by atoms with van der Waals surface area (Å²) in [6.45, 7) is 0. The van der Waals surface area contributed by atoms with Gasteiger partial charge in [0.1, 0.15) is 6.26 Å². The highest BCUT2D eigenvalue weighted by Gasteiger charge is 2.08. The number of benzene rings is 2. The minimum atomic E-state index is -0.0489. The van der Waals surface area contributed by atoms with Crippen LogP contribution < -0.4 is 5.32 Å². The van der Waals surface area contributed by atoms with Crippen LogP contribution in [0.1, 0.15) is 5.69 Å². The number of anilines is 1. The van der Waals surface area contributed by atoms with E-state index in [2.05, 4.69) is 15.3 Å². The van der Waals surface area contributed by atoms with Crippen LogP contribution >= 0.6 is 11.8 Å². The second-order valence-electron chi connectivity index (χ2n) is 6.07. The second kappa shape index (κ2) is 8.58. The fourth-order valence-corrected chi connectivity index (χ4v) is 3.36. The number of nitrogens with zero attached hydrogens (tertiary/aromatic N) is 3. The number of hydrogen-bond acceptors (Lipinski definition) is 5. The summed E-state index contributed by atoms with van der Waals surface area (Å²) in [6, 6.07) is 17.4. The van der Waals surface area contributed by atoms with Crippen molar-refractivity contribution in [1.29, 1.82) is 0 Å². The van der Waals surface area contributed by atoms with Crippen LogP contribution in [0.15, 0.2) is 84.0 Å². The number of carbonyl (C=O) groups excluding carboxylic acids is 1. The number of thioether (sulfide) groups is 1. The molecule has 2 aromatic carbocycles. The number of imidazole rings is 1. The SMILES string of the molecule is O=C(CSCc1coc(-c2ccccc2)n1)Nc1ccc(-n2ccnc2)cc1. The van der Waals surface area contributed by atoms with Gasteiger partial charge in [0, 0.05) is 35.1 Å². The van der Waals surface area contributed by atoms with Crippen molar-refractivity contribution in [3.05, 3.63) is 85.3 Å². The van der Waals surface area contributed by atoms with E-state index in [4.69, 9.17) is 4.42 Å². The number of rotatable bonds is 7. The quantitative estimate of drug-likeness (QED) is 0.506. The van der Waals surface area contributed by atoms with E-state index >= 15 is 0 Å². The zero-order valence-corrected chi connectivity index (χ0v) is 15.8. The molecule has 1 N–H and O–H groups in total. The number of amides is 1. The van der Waals surface area contributed by atoms with Crippen molar-refractivity contribution in [2.24, 2.45) is 0 Å². The average molecular weight is 390 g/mol. The van der Waals surface area contributed by atoms with Gasteiger partial charge in [-0.2, -0.15) is 0 Å². The van der Waals surface area contributed by atoms with Gasteiger partial charge in [0.15, 0.2) is 0 Å². The molecule has 0 saturated carbocycles. The lowest BCUT2D eigenvalue weighted by Crippen LogP contribution is -2.14. The normalized spacial score (nSPS) is 10.7. The fourth-order valence-electron chi connectivity index (χ4n) is 2.66. The molecule has 7 heteroatoms. The first kappa shape index (κ1) is 18.1. The smallest absolute Gasteiger partial charge is 0.234 e. The molecule has 2 heterocycles. The van der Waals surface area contributed by atoms with E-state index in [0.717, 1.165) is 22.6 Å². The van der Waals surface area contributed by atoms with Gasteiger partial charge in [0.05, 0.1) is 17.8 Å². The molecule has 0 aliphatic rings. The third-order valence-electron chi connectivity index (χ3n) is 4.01. The van der Waals surface area contributed by atoms with Crippen molar-refractivity contribution in [2.75, 3.05) is 11.1 Å². The predicted octanol–water partition coefficient (Wildman–Crippen LogP) is 4.40. The van der Waals surface area contributed by atoms with Gasteiger partial charge in [-0.3, -0.25) is 4.79 Å². The minimum Gasteiger partial charge on any atom is -0.444 e. The molecule has 0 aliphatic heterocycles. The van der Waals surface area contributed by atoms with E-state index in [1.807, 2.05) is 65.4 Å². The van der Waals surface area contributed by atoms with Crippen molar-refractivity contribution in [3.8, 4) is 17.1 Å². The molecule has 28 heavy (non-hydrogen) atoms. The summed E-state index contributed by atoms with van der Waals surface area (Å²) in [4.78, 5) is 20.6. The molecule has 4 rings (SSSR count). The Bertz CT molecular complexity index is 1030. The molecule has 0 spiro atoms. The number of oxazole rings is 1. The number of nitrogens with one attached hydrogen (secondary N) is 1. The molecule has 1 amide bonds. The molecule has 6 nitrogen and oxygen atoms in total. The van der Waals surface area contributed by atoms with Crippen LogP contribution in [-0.2, 0) is 10.5 Å². The maximum Gasteiger partial charge on any atom is 0.234 e. The zero-order valence-electron chi connectivity index (χ0n) is 15.0. The van der Waals surface area contributed by atoms with Gasteiger partial charge in [-0.05, 0) is 36.4 Å². The van der Waals surface area contributed by atoms with Crippen LogP contribution in [0, 0.1) is 0 Å². The summed E-state index contributed by atoms with van der Waals surface area (Å²) in [5.41, 5.74) is 3.52. The Hall–Kier alpha value is -3.32. The van der Waals surface area contributed by atoms with E-state index in [1.54, 1.807) is 18.8 Å². The molecule has 2 aromatic heterocycles. The van der Waals surface area contributed by atoms with Crippen LogP contribution in [-0.4, -0.2) is 26.2 Å². The highest BCUT2D eigenvalue weighted by atomic mass is 32.2.